The second-order valence-electron chi connectivity index (χ2n) is 12.2. The highest BCUT2D eigenvalue weighted by Crippen LogP contribution is 2.52. The summed E-state index contributed by atoms with van der Waals surface area (Å²) in [5.41, 5.74) is 4.60. The van der Waals surface area contributed by atoms with E-state index >= 15 is 0 Å². The minimum atomic E-state index is -0.388. The highest BCUT2D eigenvalue weighted by molar-refractivity contribution is 5.82. The van der Waals surface area contributed by atoms with Crippen LogP contribution in [0.3, 0.4) is 0 Å². The van der Waals surface area contributed by atoms with Crippen LogP contribution in [0.1, 0.15) is 28.8 Å². The van der Waals surface area contributed by atoms with Gasteiger partial charge in [-0.15, -0.1) is 0 Å². The van der Waals surface area contributed by atoms with E-state index in [4.69, 9.17) is 9.47 Å². The van der Waals surface area contributed by atoms with E-state index in [0.29, 0.717) is 39.6 Å². The second kappa shape index (κ2) is 11.2. The normalized spacial score (nSPS) is 18.8. The van der Waals surface area contributed by atoms with E-state index in [1.54, 1.807) is 19.2 Å². The first kappa shape index (κ1) is 27.7. The molecule has 4 heterocycles. The first-order valence-electron chi connectivity index (χ1n) is 14.9. The van der Waals surface area contributed by atoms with E-state index in [0.717, 1.165) is 69.2 Å². The van der Waals surface area contributed by atoms with Gasteiger partial charge in [-0.3, -0.25) is 14.6 Å². The smallest absolute Gasteiger partial charge is 0.153 e. The van der Waals surface area contributed by atoms with Crippen molar-refractivity contribution in [3.8, 4) is 17.2 Å². The van der Waals surface area contributed by atoms with Crippen LogP contribution in [0.2, 0.25) is 0 Å². The van der Waals surface area contributed by atoms with Crippen molar-refractivity contribution in [2.75, 3.05) is 63.6 Å². The Morgan fingerprint density at radius 2 is 1.91 bits per heavy atom. The first-order valence-corrected chi connectivity index (χ1v) is 14.9. The SMILES string of the molecule is CNc1ccc(CN2CCN(C3CC4(C3)CN(c3ccc(C=O)c(Oc5cnc6[nH]cc(F)c6c5)c3)C4)CC2)cc1OC. The number of nitrogens with zero attached hydrogens (tertiary/aromatic N) is 4. The molecule has 1 saturated carbocycles. The van der Waals surface area contributed by atoms with Gasteiger partial charge in [0, 0.05) is 82.3 Å². The number of aldehydes is 1. The van der Waals surface area contributed by atoms with E-state index < -0.39 is 0 Å². The molecule has 2 aromatic heterocycles. The molecule has 1 spiro atoms. The van der Waals surface area contributed by atoms with Gasteiger partial charge in [0.2, 0.25) is 0 Å². The number of benzene rings is 2. The summed E-state index contributed by atoms with van der Waals surface area (Å²) in [6, 6.07) is 14.3. The number of ether oxygens (including phenoxy) is 2. The van der Waals surface area contributed by atoms with Gasteiger partial charge in [-0.2, -0.15) is 0 Å². The lowest BCUT2D eigenvalue weighted by Gasteiger charge is -2.62. The number of carbonyl (C=O) groups excluding carboxylic acids is 1. The fourth-order valence-corrected chi connectivity index (χ4v) is 7.03. The number of carbonyl (C=O) groups is 1. The molecule has 2 aliphatic heterocycles. The zero-order valence-electron chi connectivity index (χ0n) is 24.6. The van der Waals surface area contributed by atoms with Gasteiger partial charge in [0.05, 0.1) is 29.9 Å². The topological polar surface area (TPSA) is 86.0 Å². The summed E-state index contributed by atoms with van der Waals surface area (Å²) in [6.45, 7) is 7.34. The average Bonchev–Trinajstić information content (AvgIpc) is 3.36. The number of piperazine rings is 1. The third-order valence-electron chi connectivity index (χ3n) is 9.43. The average molecular weight is 585 g/mol. The molecule has 3 fully saturated rings. The van der Waals surface area contributed by atoms with Gasteiger partial charge < -0.3 is 24.7 Å². The van der Waals surface area contributed by atoms with Gasteiger partial charge in [0.1, 0.15) is 28.7 Å². The van der Waals surface area contributed by atoms with Crippen molar-refractivity contribution in [2.24, 2.45) is 5.41 Å². The number of hydrogen-bond acceptors (Lipinski definition) is 8. The van der Waals surface area contributed by atoms with E-state index in [1.165, 1.54) is 30.8 Å². The molecule has 0 amide bonds. The second-order valence-corrected chi connectivity index (χ2v) is 12.2. The van der Waals surface area contributed by atoms with E-state index in [-0.39, 0.29) is 5.82 Å². The maximum absolute atomic E-state index is 14.0. The molecule has 0 atom stereocenters. The number of H-pyrrole nitrogens is 1. The summed E-state index contributed by atoms with van der Waals surface area (Å²) in [7, 11) is 3.63. The lowest BCUT2D eigenvalue weighted by molar-refractivity contribution is -0.0380. The summed E-state index contributed by atoms with van der Waals surface area (Å²) >= 11 is 0. The molecule has 7 rings (SSSR count). The van der Waals surface area contributed by atoms with E-state index in [9.17, 15) is 9.18 Å². The Kier molecular flexibility index (Phi) is 7.18. The van der Waals surface area contributed by atoms with Crippen LogP contribution in [0, 0.1) is 11.2 Å². The number of aromatic amines is 1. The number of nitrogens with one attached hydrogen (secondary N) is 2. The highest BCUT2D eigenvalue weighted by Gasteiger charge is 2.54. The summed E-state index contributed by atoms with van der Waals surface area (Å²) in [5.74, 6) is 1.34. The van der Waals surface area contributed by atoms with E-state index in [2.05, 4.69) is 48.2 Å². The number of anilines is 2. The molecular formula is C33H37FN6O3. The molecule has 43 heavy (non-hydrogen) atoms. The molecule has 10 heteroatoms. The van der Waals surface area contributed by atoms with Gasteiger partial charge >= 0.3 is 0 Å². The maximum atomic E-state index is 14.0. The minimum absolute atomic E-state index is 0.354. The van der Waals surface area contributed by atoms with Crippen molar-refractivity contribution in [3.05, 3.63) is 71.8 Å². The number of pyridine rings is 1. The molecule has 3 aliphatic rings. The molecule has 2 N–H and O–H groups in total. The molecule has 2 aromatic carbocycles. The van der Waals surface area contributed by atoms with Crippen LogP contribution < -0.4 is 19.7 Å². The van der Waals surface area contributed by atoms with Gasteiger partial charge in [-0.05, 0) is 48.7 Å². The largest absolute Gasteiger partial charge is 0.495 e. The van der Waals surface area contributed by atoms with Crippen molar-refractivity contribution in [1.82, 2.24) is 19.8 Å². The minimum Gasteiger partial charge on any atom is -0.495 e. The summed E-state index contributed by atoms with van der Waals surface area (Å²) in [5, 5.41) is 3.53. The Bertz CT molecular complexity index is 1640. The van der Waals surface area contributed by atoms with Crippen molar-refractivity contribution in [1.29, 1.82) is 0 Å². The van der Waals surface area contributed by atoms with Gasteiger partial charge in [-0.1, -0.05) is 6.07 Å². The molecule has 9 nitrogen and oxygen atoms in total. The lowest BCUT2D eigenvalue weighted by atomic mass is 9.60. The monoisotopic (exact) mass is 584 g/mol. The predicted molar refractivity (Wildman–Crippen MR) is 165 cm³/mol. The lowest BCUT2D eigenvalue weighted by Crippen LogP contribution is -2.68. The van der Waals surface area contributed by atoms with Crippen LogP contribution in [-0.4, -0.2) is 85.5 Å². The van der Waals surface area contributed by atoms with Crippen LogP contribution in [0.5, 0.6) is 17.2 Å². The Hall–Kier alpha value is -4.15. The van der Waals surface area contributed by atoms with Crippen LogP contribution >= 0.6 is 0 Å². The third kappa shape index (κ3) is 5.29. The quantitative estimate of drug-likeness (QED) is 0.262. The summed E-state index contributed by atoms with van der Waals surface area (Å²) in [6.07, 6.45) is 6.05. The van der Waals surface area contributed by atoms with Crippen molar-refractivity contribution in [2.45, 2.75) is 25.4 Å². The van der Waals surface area contributed by atoms with Crippen LogP contribution in [0.15, 0.2) is 54.9 Å². The Morgan fingerprint density at radius 1 is 1.09 bits per heavy atom. The van der Waals surface area contributed by atoms with Gasteiger partial charge in [-0.25, -0.2) is 9.37 Å². The van der Waals surface area contributed by atoms with Crippen LogP contribution in [0.25, 0.3) is 11.0 Å². The summed E-state index contributed by atoms with van der Waals surface area (Å²) < 4.78 is 25.6. The van der Waals surface area contributed by atoms with Crippen molar-refractivity contribution < 1.29 is 18.7 Å². The number of fused-ring (bicyclic) bond motifs is 1. The molecule has 4 aromatic rings. The number of methoxy groups -OCH3 is 1. The number of hydrogen-bond donors (Lipinski definition) is 2. The van der Waals surface area contributed by atoms with Crippen molar-refractivity contribution in [3.63, 3.8) is 0 Å². The van der Waals surface area contributed by atoms with Crippen LogP contribution in [-0.2, 0) is 6.54 Å². The Balaban J connectivity index is 0.915. The molecule has 2 saturated heterocycles. The van der Waals surface area contributed by atoms with Crippen molar-refractivity contribution >= 4 is 28.7 Å². The molecule has 1 aliphatic carbocycles. The number of halogens is 1. The maximum Gasteiger partial charge on any atom is 0.153 e. The van der Waals surface area contributed by atoms with Gasteiger partial charge in [0.25, 0.3) is 0 Å². The molecule has 0 unspecified atom stereocenters. The van der Waals surface area contributed by atoms with Crippen LogP contribution in [0.4, 0.5) is 15.8 Å². The van der Waals surface area contributed by atoms with Gasteiger partial charge in [0.15, 0.2) is 6.29 Å². The third-order valence-corrected chi connectivity index (χ3v) is 9.43. The Morgan fingerprint density at radius 3 is 2.65 bits per heavy atom. The fraction of sp³-hybridized carbons (Fsp3) is 0.394. The fourth-order valence-electron chi connectivity index (χ4n) is 7.03. The summed E-state index contributed by atoms with van der Waals surface area (Å²) in [4.78, 5) is 26.3. The number of rotatable bonds is 9. The molecule has 224 valence electrons. The first-order chi connectivity index (χ1) is 21.0. The van der Waals surface area contributed by atoms with E-state index in [1.807, 2.05) is 19.2 Å². The number of aromatic nitrogens is 2. The molecule has 0 bridgehead atoms. The standard InChI is InChI=1S/C33H37FN6O3/c1-35-29-6-3-22(11-31(29)42-2)18-38-7-9-39(10-8-38)25-14-33(15-25)20-40(21-33)24-5-4-23(19-41)30(12-24)43-26-13-27-28(34)17-37-32(27)36-16-26/h3-6,11-13,16-17,19,25,35H,7-10,14-15,18,20-21H2,1-2H3,(H,36,37). The zero-order chi connectivity index (χ0) is 29.6. The zero-order valence-corrected chi connectivity index (χ0v) is 24.6. The Labute approximate surface area is 250 Å². The molecular weight excluding hydrogens is 547 g/mol. The highest BCUT2D eigenvalue weighted by atomic mass is 19.1. The molecule has 0 radical (unpaired) electrons. The predicted octanol–water partition coefficient (Wildman–Crippen LogP) is 5.14.